The van der Waals surface area contributed by atoms with E-state index in [-0.39, 0.29) is 37.8 Å². The molecule has 14 nitrogen and oxygen atoms in total. The van der Waals surface area contributed by atoms with Gasteiger partial charge < -0.3 is 43.4 Å². The van der Waals surface area contributed by atoms with Crippen LogP contribution in [-0.2, 0) is 24.0 Å². The third kappa shape index (κ3) is 12.3. The standard InChI is InChI=1S/C18H33N7O7/c1-9(2)6-11(16(30)25-12(17(31)32)7-14(27)28)24-15(29)10(23-13(26)8-19)4-3-5-22-18(20)21/h9-12H,3-8,19H2,1-2H3,(H,23,26)(H,24,29)(H,25,30)(H,27,28)(H,31,32)(H4,20,21,22). The van der Waals surface area contributed by atoms with E-state index in [9.17, 15) is 24.0 Å². The van der Waals surface area contributed by atoms with Crippen molar-refractivity contribution < 1.29 is 34.2 Å². The Morgan fingerprint density at radius 3 is 1.94 bits per heavy atom. The topological polar surface area (TPSA) is 252 Å². The van der Waals surface area contributed by atoms with Gasteiger partial charge in [-0.25, -0.2) is 4.79 Å². The summed E-state index contributed by atoms with van der Waals surface area (Å²) >= 11 is 0. The summed E-state index contributed by atoms with van der Waals surface area (Å²) in [5.74, 6) is -5.28. The number of nitrogens with one attached hydrogen (secondary N) is 3. The number of hydrogen-bond donors (Lipinski definition) is 8. The number of aliphatic carboxylic acids is 2. The molecule has 3 amide bonds. The summed E-state index contributed by atoms with van der Waals surface area (Å²) in [6, 6.07) is -3.87. The number of rotatable bonds is 15. The number of carbonyl (C=O) groups is 5. The largest absolute Gasteiger partial charge is 0.481 e. The van der Waals surface area contributed by atoms with Crippen molar-refractivity contribution in [2.24, 2.45) is 28.1 Å². The first-order valence-corrected chi connectivity index (χ1v) is 9.97. The second-order valence-electron chi connectivity index (χ2n) is 7.46. The molecule has 0 aliphatic rings. The molecule has 0 aromatic carbocycles. The molecular weight excluding hydrogens is 426 g/mol. The molecular formula is C18H33N7O7. The Labute approximate surface area is 185 Å². The van der Waals surface area contributed by atoms with Crippen LogP contribution >= 0.6 is 0 Å². The van der Waals surface area contributed by atoms with Gasteiger partial charge in [0.05, 0.1) is 13.0 Å². The van der Waals surface area contributed by atoms with Crippen molar-refractivity contribution in [2.45, 2.75) is 57.7 Å². The van der Waals surface area contributed by atoms with Gasteiger partial charge >= 0.3 is 11.9 Å². The van der Waals surface area contributed by atoms with Gasteiger partial charge in [0.25, 0.3) is 0 Å². The molecule has 0 heterocycles. The minimum atomic E-state index is -1.67. The molecule has 14 heteroatoms. The lowest BCUT2D eigenvalue weighted by Crippen LogP contribution is -2.56. The maximum absolute atomic E-state index is 12.8. The monoisotopic (exact) mass is 459 g/mol. The number of guanidine groups is 1. The number of amides is 3. The molecule has 0 saturated heterocycles. The number of nitrogens with two attached hydrogens (primary N) is 3. The van der Waals surface area contributed by atoms with Crippen LogP contribution < -0.4 is 33.2 Å². The molecule has 182 valence electrons. The van der Waals surface area contributed by atoms with Crippen LogP contribution in [-0.4, -0.2) is 77.0 Å². The first kappa shape index (κ1) is 28.6. The zero-order valence-corrected chi connectivity index (χ0v) is 18.2. The molecule has 0 aliphatic heterocycles. The molecule has 0 bridgehead atoms. The molecule has 0 saturated carbocycles. The number of carboxylic acids is 2. The lowest BCUT2D eigenvalue weighted by molar-refractivity contribution is -0.147. The van der Waals surface area contributed by atoms with E-state index in [1.54, 1.807) is 13.8 Å². The minimum absolute atomic E-state index is 0.0762. The van der Waals surface area contributed by atoms with Gasteiger partial charge in [0.2, 0.25) is 17.7 Å². The highest BCUT2D eigenvalue weighted by Gasteiger charge is 2.30. The van der Waals surface area contributed by atoms with E-state index in [4.69, 9.17) is 27.4 Å². The number of hydrogen-bond acceptors (Lipinski definition) is 7. The van der Waals surface area contributed by atoms with E-state index < -0.39 is 54.2 Å². The van der Waals surface area contributed by atoms with Gasteiger partial charge in [0, 0.05) is 6.54 Å². The van der Waals surface area contributed by atoms with Crippen molar-refractivity contribution in [3.63, 3.8) is 0 Å². The van der Waals surface area contributed by atoms with Gasteiger partial charge in [0.1, 0.15) is 18.1 Å². The Kier molecular flexibility index (Phi) is 13.0. The summed E-state index contributed by atoms with van der Waals surface area (Å²) in [4.78, 5) is 63.0. The van der Waals surface area contributed by atoms with Crippen molar-refractivity contribution in [3.05, 3.63) is 0 Å². The summed E-state index contributed by atoms with van der Waals surface area (Å²) < 4.78 is 0. The maximum Gasteiger partial charge on any atom is 0.326 e. The lowest BCUT2D eigenvalue weighted by atomic mass is 10.0. The second-order valence-corrected chi connectivity index (χ2v) is 7.46. The zero-order valence-electron chi connectivity index (χ0n) is 18.2. The maximum atomic E-state index is 12.8. The minimum Gasteiger partial charge on any atom is -0.481 e. The van der Waals surface area contributed by atoms with E-state index in [1.807, 2.05) is 0 Å². The van der Waals surface area contributed by atoms with Crippen molar-refractivity contribution in [3.8, 4) is 0 Å². The molecule has 0 fully saturated rings. The Hall–Kier alpha value is -3.42. The molecule has 0 spiro atoms. The van der Waals surface area contributed by atoms with Crippen LogP contribution in [0.2, 0.25) is 0 Å². The van der Waals surface area contributed by atoms with E-state index in [2.05, 4.69) is 20.9 Å². The van der Waals surface area contributed by atoms with Crippen molar-refractivity contribution in [2.75, 3.05) is 13.1 Å². The van der Waals surface area contributed by atoms with Crippen LogP contribution in [0.3, 0.4) is 0 Å². The fraction of sp³-hybridized carbons (Fsp3) is 0.667. The Balaban J connectivity index is 5.40. The van der Waals surface area contributed by atoms with Crippen LogP contribution in [0.1, 0.15) is 39.5 Å². The van der Waals surface area contributed by atoms with Crippen LogP contribution in [0, 0.1) is 5.92 Å². The fourth-order valence-electron chi connectivity index (χ4n) is 2.65. The second kappa shape index (κ2) is 14.6. The van der Waals surface area contributed by atoms with E-state index in [0.29, 0.717) is 6.42 Å². The van der Waals surface area contributed by atoms with Gasteiger partial charge in [-0.15, -0.1) is 0 Å². The first-order chi connectivity index (χ1) is 14.9. The molecule has 3 atom stereocenters. The zero-order chi connectivity index (χ0) is 24.8. The predicted octanol–water partition coefficient (Wildman–Crippen LogP) is -2.94. The van der Waals surface area contributed by atoms with Crippen LogP contribution in [0.5, 0.6) is 0 Å². The van der Waals surface area contributed by atoms with Crippen LogP contribution in [0.4, 0.5) is 0 Å². The van der Waals surface area contributed by atoms with Crippen LogP contribution in [0.15, 0.2) is 4.99 Å². The molecule has 0 aliphatic carbocycles. The van der Waals surface area contributed by atoms with E-state index in [1.165, 1.54) is 0 Å². The summed E-state index contributed by atoms with van der Waals surface area (Å²) in [5.41, 5.74) is 15.8. The smallest absolute Gasteiger partial charge is 0.326 e. The molecule has 3 unspecified atom stereocenters. The molecule has 11 N–H and O–H groups in total. The average Bonchev–Trinajstić information content (AvgIpc) is 2.67. The SMILES string of the molecule is CC(C)CC(NC(=O)C(CCCN=C(N)N)NC(=O)CN)C(=O)NC(CC(=O)O)C(=O)O. The third-order valence-electron chi connectivity index (χ3n) is 4.12. The lowest BCUT2D eigenvalue weighted by Gasteiger charge is -2.25. The summed E-state index contributed by atoms with van der Waals surface area (Å²) in [6.45, 7) is 3.40. The Morgan fingerprint density at radius 1 is 0.906 bits per heavy atom. The van der Waals surface area contributed by atoms with Crippen molar-refractivity contribution >= 4 is 35.6 Å². The Morgan fingerprint density at radius 2 is 1.47 bits per heavy atom. The normalized spacial score (nSPS) is 13.4. The molecule has 0 rings (SSSR count). The van der Waals surface area contributed by atoms with Gasteiger partial charge in [-0.05, 0) is 25.2 Å². The third-order valence-corrected chi connectivity index (χ3v) is 4.12. The molecule has 0 aromatic heterocycles. The van der Waals surface area contributed by atoms with Gasteiger partial charge in [-0.3, -0.25) is 24.2 Å². The van der Waals surface area contributed by atoms with Gasteiger partial charge in [-0.2, -0.15) is 0 Å². The molecule has 32 heavy (non-hydrogen) atoms. The van der Waals surface area contributed by atoms with Crippen molar-refractivity contribution in [1.82, 2.24) is 16.0 Å². The van der Waals surface area contributed by atoms with Crippen LogP contribution in [0.25, 0.3) is 0 Å². The highest BCUT2D eigenvalue weighted by atomic mass is 16.4. The van der Waals surface area contributed by atoms with Gasteiger partial charge in [-0.1, -0.05) is 13.8 Å². The first-order valence-electron chi connectivity index (χ1n) is 9.97. The highest BCUT2D eigenvalue weighted by molar-refractivity contribution is 5.94. The summed E-state index contributed by atoms with van der Waals surface area (Å²) in [5, 5.41) is 25.0. The predicted molar refractivity (Wildman–Crippen MR) is 114 cm³/mol. The summed E-state index contributed by atoms with van der Waals surface area (Å²) in [7, 11) is 0. The Bertz CT molecular complexity index is 708. The molecule has 0 aromatic rings. The molecule has 0 radical (unpaired) electrons. The number of nitrogens with zero attached hydrogens (tertiary/aromatic N) is 1. The highest BCUT2D eigenvalue weighted by Crippen LogP contribution is 2.08. The van der Waals surface area contributed by atoms with E-state index >= 15 is 0 Å². The van der Waals surface area contributed by atoms with Crippen molar-refractivity contribution in [1.29, 1.82) is 0 Å². The average molecular weight is 460 g/mol. The number of carboxylic acid groups (broad SMARTS) is 2. The summed E-state index contributed by atoms with van der Waals surface area (Å²) in [6.07, 6.45) is -0.214. The number of aliphatic imine (C=N–C) groups is 1. The van der Waals surface area contributed by atoms with Gasteiger partial charge in [0.15, 0.2) is 5.96 Å². The quantitative estimate of drug-likeness (QED) is 0.0702. The fourth-order valence-corrected chi connectivity index (χ4v) is 2.65. The van der Waals surface area contributed by atoms with E-state index in [0.717, 1.165) is 0 Å². The number of carbonyl (C=O) groups excluding carboxylic acids is 3.